The number of nitrogens with zero attached hydrogens (tertiary/aromatic N) is 3. The minimum Gasteiger partial charge on any atom is -0.341 e. The molecule has 3 heterocycles. The smallest absolute Gasteiger partial charge is 0.0491 e. The van der Waals surface area contributed by atoms with Crippen LogP contribution in [0, 0.1) is 0 Å². The number of fused-ring (bicyclic) bond motifs is 7. The highest BCUT2D eigenvalue weighted by Gasteiger charge is 2.13. The summed E-state index contributed by atoms with van der Waals surface area (Å²) < 4.78 is 7.16. The molecule has 9 aromatic rings. The van der Waals surface area contributed by atoms with Gasteiger partial charge in [-0.15, -0.1) is 0 Å². The number of aryl methyl sites for hydroxylation is 3. The number of para-hydroxylation sites is 3. The molecule has 0 radical (unpaired) electrons. The van der Waals surface area contributed by atoms with Crippen LogP contribution in [0.2, 0.25) is 0 Å². The van der Waals surface area contributed by atoms with Crippen molar-refractivity contribution in [1.82, 2.24) is 13.7 Å². The molecule has 0 saturated carbocycles. The first-order valence-electron chi connectivity index (χ1n) is 20.6. The van der Waals surface area contributed by atoms with Crippen molar-refractivity contribution in [2.75, 3.05) is 0 Å². The van der Waals surface area contributed by atoms with E-state index in [4.69, 9.17) is 0 Å². The fraction of sp³-hybridized carbons (Fsp3) is 0.127. The molecule has 0 aliphatic rings. The van der Waals surface area contributed by atoms with Gasteiger partial charge in [-0.05, 0) is 128 Å². The molecular weight excluding hydrogens is 703 g/mol. The van der Waals surface area contributed by atoms with Gasteiger partial charge >= 0.3 is 0 Å². The van der Waals surface area contributed by atoms with Crippen LogP contribution in [0.25, 0.3) is 97.0 Å². The monoisotopic (exact) mass is 751 g/mol. The Morgan fingerprint density at radius 1 is 0.448 bits per heavy atom. The Morgan fingerprint density at radius 3 is 1.34 bits per heavy atom. The molecule has 0 aliphatic heterocycles. The second kappa shape index (κ2) is 15.6. The van der Waals surface area contributed by atoms with Gasteiger partial charge in [0, 0.05) is 85.4 Å². The average molecular weight is 752 g/mol. The number of hydrogen-bond acceptors (Lipinski definition) is 0. The SMILES string of the molecule is C=Cc1c(/C=C(C)/C=C/c2cc(/C=C/c3ccc4c(c3)c3ccccc3n4CC)cc(/C=C/c3ccc4c(c3)c3ccccc3n4CC)c2)c2ccccc2n1CC. The lowest BCUT2D eigenvalue weighted by atomic mass is 10.0. The zero-order valence-electron chi connectivity index (χ0n) is 33.9. The third kappa shape index (κ3) is 6.63. The highest BCUT2D eigenvalue weighted by atomic mass is 15.0. The molecule has 0 unspecified atom stereocenters. The summed E-state index contributed by atoms with van der Waals surface area (Å²) in [7, 11) is 0. The van der Waals surface area contributed by atoms with Crippen molar-refractivity contribution in [3.05, 3.63) is 185 Å². The van der Waals surface area contributed by atoms with Crippen LogP contribution in [0.15, 0.2) is 146 Å². The van der Waals surface area contributed by atoms with E-state index in [2.05, 4.69) is 218 Å². The zero-order valence-corrected chi connectivity index (χ0v) is 33.9. The summed E-state index contributed by atoms with van der Waals surface area (Å²) in [4.78, 5) is 0. The Kier molecular flexibility index (Phi) is 9.89. The third-order valence-electron chi connectivity index (χ3n) is 11.6. The third-order valence-corrected chi connectivity index (χ3v) is 11.6. The summed E-state index contributed by atoms with van der Waals surface area (Å²) in [5, 5.41) is 6.44. The number of aromatic nitrogens is 3. The highest BCUT2D eigenvalue weighted by Crippen LogP contribution is 2.33. The molecule has 3 aromatic heterocycles. The van der Waals surface area contributed by atoms with E-state index in [1.807, 2.05) is 6.08 Å². The highest BCUT2D eigenvalue weighted by molar-refractivity contribution is 6.10. The predicted octanol–water partition coefficient (Wildman–Crippen LogP) is 15.0. The molecular formula is C55H49N3. The van der Waals surface area contributed by atoms with Crippen molar-refractivity contribution >= 4 is 97.0 Å². The molecule has 0 aliphatic carbocycles. The van der Waals surface area contributed by atoms with Crippen LogP contribution in [-0.2, 0) is 19.6 Å². The summed E-state index contributed by atoms with van der Waals surface area (Å²) in [6.45, 7) is 15.8. The van der Waals surface area contributed by atoms with Gasteiger partial charge in [-0.3, -0.25) is 0 Å². The quantitative estimate of drug-likeness (QED) is 0.0923. The molecule has 0 fully saturated rings. The lowest BCUT2D eigenvalue weighted by Crippen LogP contribution is -1.96. The van der Waals surface area contributed by atoms with Gasteiger partial charge in [0.15, 0.2) is 0 Å². The van der Waals surface area contributed by atoms with E-state index < -0.39 is 0 Å². The van der Waals surface area contributed by atoms with Crippen LogP contribution in [0.5, 0.6) is 0 Å². The number of rotatable bonds is 11. The van der Waals surface area contributed by atoms with Gasteiger partial charge in [-0.25, -0.2) is 0 Å². The van der Waals surface area contributed by atoms with Gasteiger partial charge in [-0.1, -0.05) is 115 Å². The number of benzene rings is 6. The summed E-state index contributed by atoms with van der Waals surface area (Å²) in [6, 6.07) is 46.6. The van der Waals surface area contributed by atoms with E-state index in [9.17, 15) is 0 Å². The molecule has 0 saturated heterocycles. The molecule has 0 amide bonds. The van der Waals surface area contributed by atoms with Gasteiger partial charge in [-0.2, -0.15) is 0 Å². The second-order valence-electron chi connectivity index (χ2n) is 15.2. The van der Waals surface area contributed by atoms with Crippen molar-refractivity contribution in [3.8, 4) is 0 Å². The maximum atomic E-state index is 4.18. The summed E-state index contributed by atoms with van der Waals surface area (Å²) >= 11 is 0. The first kappa shape index (κ1) is 36.8. The molecule has 0 N–H and O–H groups in total. The van der Waals surface area contributed by atoms with E-state index >= 15 is 0 Å². The number of allylic oxidation sites excluding steroid dienone is 2. The van der Waals surface area contributed by atoms with Gasteiger partial charge in [0.05, 0.1) is 0 Å². The summed E-state index contributed by atoms with van der Waals surface area (Å²) in [5.74, 6) is 0. The van der Waals surface area contributed by atoms with Crippen LogP contribution in [0.4, 0.5) is 0 Å². The predicted molar refractivity (Wildman–Crippen MR) is 255 cm³/mol. The maximum absolute atomic E-state index is 4.18. The van der Waals surface area contributed by atoms with E-state index in [-0.39, 0.29) is 0 Å². The fourth-order valence-corrected chi connectivity index (χ4v) is 8.97. The van der Waals surface area contributed by atoms with Crippen molar-refractivity contribution in [2.45, 2.75) is 47.3 Å². The Morgan fingerprint density at radius 2 is 0.862 bits per heavy atom. The largest absolute Gasteiger partial charge is 0.341 e. The lowest BCUT2D eigenvalue weighted by Gasteiger charge is -2.05. The maximum Gasteiger partial charge on any atom is 0.0491 e. The molecule has 6 aromatic carbocycles. The van der Waals surface area contributed by atoms with E-state index in [1.165, 1.54) is 76.8 Å². The molecule has 0 bridgehead atoms. The van der Waals surface area contributed by atoms with E-state index in [1.54, 1.807) is 0 Å². The first-order valence-corrected chi connectivity index (χ1v) is 20.6. The van der Waals surface area contributed by atoms with Crippen molar-refractivity contribution in [1.29, 1.82) is 0 Å². The first-order chi connectivity index (χ1) is 28.5. The van der Waals surface area contributed by atoms with Gasteiger partial charge in [0.25, 0.3) is 0 Å². The van der Waals surface area contributed by atoms with Crippen LogP contribution < -0.4 is 0 Å². The van der Waals surface area contributed by atoms with Crippen LogP contribution >= 0.6 is 0 Å². The molecule has 9 rings (SSSR count). The van der Waals surface area contributed by atoms with Gasteiger partial charge < -0.3 is 13.7 Å². The van der Waals surface area contributed by atoms with Crippen molar-refractivity contribution in [3.63, 3.8) is 0 Å². The van der Waals surface area contributed by atoms with Crippen LogP contribution in [0.3, 0.4) is 0 Å². The van der Waals surface area contributed by atoms with Crippen molar-refractivity contribution in [2.24, 2.45) is 0 Å². The molecule has 284 valence electrons. The molecule has 58 heavy (non-hydrogen) atoms. The summed E-state index contributed by atoms with van der Waals surface area (Å²) in [5.41, 5.74) is 15.8. The van der Waals surface area contributed by atoms with Crippen LogP contribution in [0.1, 0.15) is 66.8 Å². The Bertz CT molecular complexity index is 3000. The Balaban J connectivity index is 1.09. The normalized spacial score (nSPS) is 12.7. The molecule has 0 spiro atoms. The molecule has 0 atom stereocenters. The summed E-state index contributed by atoms with van der Waals surface area (Å²) in [6.07, 6.45) is 17.7. The zero-order chi connectivity index (χ0) is 39.8. The average Bonchev–Trinajstić information content (AvgIpc) is 3.88. The minimum atomic E-state index is 0.896. The van der Waals surface area contributed by atoms with Crippen LogP contribution in [-0.4, -0.2) is 13.7 Å². The van der Waals surface area contributed by atoms with E-state index in [0.717, 1.165) is 42.0 Å². The van der Waals surface area contributed by atoms with Gasteiger partial charge in [0.2, 0.25) is 0 Å². The molecule has 3 heteroatoms. The standard InChI is InChI=1S/C55H49N3/c1-6-50-47(44-16-10-13-19-51(44)56(50)7-2)32-38(5)22-23-41-33-42(26-24-39-28-30-54-48(36-39)45-17-11-14-20-52(45)57(54)8-3)35-43(34-41)27-25-40-29-31-55-49(37-40)46-18-12-15-21-53(46)58(55)9-4/h6,10-37H,1,7-9H2,2-5H3/b23-22+,26-24+,27-25+,38-32+. The number of hydrogen-bond donors (Lipinski definition) is 0. The van der Waals surface area contributed by atoms with Crippen molar-refractivity contribution < 1.29 is 0 Å². The fourth-order valence-electron chi connectivity index (χ4n) is 8.97. The second-order valence-corrected chi connectivity index (χ2v) is 15.2. The Labute approximate surface area is 341 Å². The topological polar surface area (TPSA) is 14.8 Å². The van der Waals surface area contributed by atoms with E-state index in [0.29, 0.717) is 0 Å². The van der Waals surface area contributed by atoms with Gasteiger partial charge in [0.1, 0.15) is 0 Å². The Hall–Kier alpha value is -6.84. The molecule has 3 nitrogen and oxygen atoms in total. The lowest BCUT2D eigenvalue weighted by molar-refractivity contribution is 0.789. The minimum absolute atomic E-state index is 0.896.